The van der Waals surface area contributed by atoms with Crippen molar-refractivity contribution in [3.8, 4) is 17.2 Å². The van der Waals surface area contributed by atoms with Gasteiger partial charge < -0.3 is 14.2 Å². The number of carbonyl (C=O) groups excluding carboxylic acids is 1. The molecule has 0 aliphatic carbocycles. The zero-order valence-electron chi connectivity index (χ0n) is 19.4. The second-order valence-corrected chi connectivity index (χ2v) is 8.66. The Kier molecular flexibility index (Phi) is 7.21. The lowest BCUT2D eigenvalue weighted by molar-refractivity contribution is -0.132. The second kappa shape index (κ2) is 10.5. The normalized spacial score (nSPS) is 11.6. The maximum absolute atomic E-state index is 13.0. The van der Waals surface area contributed by atoms with Gasteiger partial charge in [0.25, 0.3) is 11.1 Å². The van der Waals surface area contributed by atoms with Crippen molar-refractivity contribution in [1.82, 2.24) is 14.6 Å². The molecule has 9 nitrogen and oxygen atoms in total. The summed E-state index contributed by atoms with van der Waals surface area (Å²) in [4.78, 5) is 41.1. The first-order chi connectivity index (χ1) is 16.9. The summed E-state index contributed by atoms with van der Waals surface area (Å²) in [5.74, 6) is 0.914. The molecular weight excluding hydrogens is 470 g/mol. The fourth-order valence-corrected chi connectivity index (χ4v) is 4.24. The predicted molar refractivity (Wildman–Crippen MR) is 132 cm³/mol. The largest absolute Gasteiger partial charge is 0.494 e. The molecule has 0 spiro atoms. The van der Waals surface area contributed by atoms with Crippen molar-refractivity contribution >= 4 is 28.3 Å². The summed E-state index contributed by atoms with van der Waals surface area (Å²) < 4.78 is 17.5. The predicted octanol–water partition coefficient (Wildman–Crippen LogP) is 2.37. The molecule has 4 rings (SSSR count). The lowest BCUT2D eigenvalue weighted by atomic mass is 10.1. The van der Waals surface area contributed by atoms with E-state index in [0.29, 0.717) is 22.5 Å². The molecule has 2 aromatic heterocycles. The Morgan fingerprint density at radius 2 is 1.89 bits per heavy atom. The van der Waals surface area contributed by atoms with E-state index in [0.717, 1.165) is 33.6 Å². The van der Waals surface area contributed by atoms with Gasteiger partial charge in [-0.2, -0.15) is 14.6 Å². The number of carbonyl (C=O) groups is 1. The highest BCUT2D eigenvalue weighted by Crippen LogP contribution is 2.28. The van der Waals surface area contributed by atoms with Crippen molar-refractivity contribution < 1.29 is 19.0 Å². The van der Waals surface area contributed by atoms with Gasteiger partial charge in [0.15, 0.2) is 11.5 Å². The minimum atomic E-state index is -0.475. The van der Waals surface area contributed by atoms with E-state index < -0.39 is 11.5 Å². The van der Waals surface area contributed by atoms with Crippen LogP contribution in [0.5, 0.6) is 17.2 Å². The standard InChI is InChI=1S/C25H23N3O6S/c1-4-11-33-18-8-5-16(6-9-18)12-19-23(30)26-25-28(27-19)24(31)22(35-25)14-17-7-10-20(34-15(2)29)21(13-17)32-3/h5-10,13-14H,4,11-12H2,1-3H3/b22-14+. The van der Waals surface area contributed by atoms with Crippen LogP contribution in [-0.2, 0) is 11.2 Å². The minimum absolute atomic E-state index is 0.179. The van der Waals surface area contributed by atoms with E-state index in [4.69, 9.17) is 14.2 Å². The van der Waals surface area contributed by atoms with Gasteiger partial charge in [-0.1, -0.05) is 36.5 Å². The van der Waals surface area contributed by atoms with Crippen molar-refractivity contribution in [1.29, 1.82) is 0 Å². The molecule has 0 saturated heterocycles. The maximum Gasteiger partial charge on any atom is 0.308 e. The number of benzene rings is 2. The van der Waals surface area contributed by atoms with Crippen LogP contribution in [0.3, 0.4) is 0 Å². The molecule has 2 aromatic carbocycles. The zero-order chi connectivity index (χ0) is 24.9. The second-order valence-electron chi connectivity index (χ2n) is 7.65. The number of thiazole rings is 1. The van der Waals surface area contributed by atoms with E-state index >= 15 is 0 Å². The highest BCUT2D eigenvalue weighted by Gasteiger charge is 2.13. The van der Waals surface area contributed by atoms with Gasteiger partial charge in [0.1, 0.15) is 11.4 Å². The summed E-state index contributed by atoms with van der Waals surface area (Å²) in [6.45, 7) is 3.97. The molecular formula is C25H23N3O6S. The number of esters is 1. The third kappa shape index (κ3) is 5.55. The molecule has 0 N–H and O–H groups in total. The molecule has 0 amide bonds. The molecule has 10 heteroatoms. The van der Waals surface area contributed by atoms with Crippen LogP contribution >= 0.6 is 11.3 Å². The summed E-state index contributed by atoms with van der Waals surface area (Å²) in [5.41, 5.74) is 0.824. The zero-order valence-corrected chi connectivity index (χ0v) is 20.3. The first kappa shape index (κ1) is 24.1. The molecule has 0 aliphatic heterocycles. The molecule has 0 atom stereocenters. The van der Waals surface area contributed by atoms with Crippen LogP contribution in [0.1, 0.15) is 37.1 Å². The van der Waals surface area contributed by atoms with E-state index in [1.807, 2.05) is 31.2 Å². The van der Waals surface area contributed by atoms with E-state index in [-0.39, 0.29) is 28.4 Å². The van der Waals surface area contributed by atoms with Gasteiger partial charge in [-0.15, -0.1) is 0 Å². The number of ether oxygens (including phenoxy) is 3. The monoisotopic (exact) mass is 493 g/mol. The number of fused-ring (bicyclic) bond motifs is 1. The summed E-state index contributed by atoms with van der Waals surface area (Å²) >= 11 is 1.06. The lowest BCUT2D eigenvalue weighted by Gasteiger charge is -2.08. The quantitative estimate of drug-likeness (QED) is 0.272. The Hall–Kier alpha value is -4.05. The summed E-state index contributed by atoms with van der Waals surface area (Å²) in [7, 11) is 1.46. The van der Waals surface area contributed by atoms with E-state index in [2.05, 4.69) is 10.1 Å². The van der Waals surface area contributed by atoms with E-state index in [1.165, 1.54) is 14.0 Å². The van der Waals surface area contributed by atoms with Gasteiger partial charge in [-0.3, -0.25) is 14.4 Å². The first-order valence-corrected chi connectivity index (χ1v) is 11.7. The minimum Gasteiger partial charge on any atom is -0.494 e. The van der Waals surface area contributed by atoms with Gasteiger partial charge in [-0.25, -0.2) is 0 Å². The smallest absolute Gasteiger partial charge is 0.308 e. The van der Waals surface area contributed by atoms with E-state index in [9.17, 15) is 14.4 Å². The average molecular weight is 494 g/mol. The number of hydrogen-bond donors (Lipinski definition) is 0. The molecule has 35 heavy (non-hydrogen) atoms. The molecule has 0 aliphatic rings. The Labute approximate surface area is 204 Å². The van der Waals surface area contributed by atoms with Gasteiger partial charge in [0.05, 0.1) is 18.2 Å². The van der Waals surface area contributed by atoms with Crippen LogP contribution in [0.15, 0.2) is 52.1 Å². The summed E-state index contributed by atoms with van der Waals surface area (Å²) in [6, 6.07) is 12.3. The molecule has 0 unspecified atom stereocenters. The van der Waals surface area contributed by atoms with E-state index in [1.54, 1.807) is 24.3 Å². The number of methoxy groups -OCH3 is 1. The van der Waals surface area contributed by atoms with Crippen LogP contribution in [0.25, 0.3) is 11.0 Å². The average Bonchev–Trinajstić information content (AvgIpc) is 3.13. The fourth-order valence-electron chi connectivity index (χ4n) is 3.33. The molecule has 0 fully saturated rings. The van der Waals surface area contributed by atoms with Crippen molar-refractivity contribution in [2.75, 3.05) is 13.7 Å². The van der Waals surface area contributed by atoms with Crippen LogP contribution in [0, 0.1) is 0 Å². The molecule has 180 valence electrons. The Bertz CT molecular complexity index is 1540. The van der Waals surface area contributed by atoms with Gasteiger partial charge in [0.2, 0.25) is 4.96 Å². The highest BCUT2D eigenvalue weighted by atomic mass is 32.1. The summed E-state index contributed by atoms with van der Waals surface area (Å²) in [5, 5.41) is 4.29. The molecule has 0 bridgehead atoms. The molecule has 0 radical (unpaired) electrons. The summed E-state index contributed by atoms with van der Waals surface area (Å²) in [6.07, 6.45) is 2.80. The Morgan fingerprint density at radius 3 is 2.57 bits per heavy atom. The third-order valence-corrected chi connectivity index (χ3v) is 5.92. The maximum atomic E-state index is 13.0. The van der Waals surface area contributed by atoms with Gasteiger partial charge >= 0.3 is 5.97 Å². The molecule has 4 aromatic rings. The van der Waals surface area contributed by atoms with Crippen LogP contribution in [0.2, 0.25) is 0 Å². The van der Waals surface area contributed by atoms with Crippen LogP contribution < -0.4 is 29.9 Å². The number of nitrogens with zero attached hydrogens (tertiary/aromatic N) is 3. The molecule has 2 heterocycles. The highest BCUT2D eigenvalue weighted by molar-refractivity contribution is 7.15. The first-order valence-electron chi connectivity index (χ1n) is 10.9. The Morgan fingerprint density at radius 1 is 1.11 bits per heavy atom. The third-order valence-electron chi connectivity index (χ3n) is 4.96. The number of aromatic nitrogens is 3. The van der Waals surface area contributed by atoms with Crippen LogP contribution in [0.4, 0.5) is 0 Å². The van der Waals surface area contributed by atoms with Crippen molar-refractivity contribution in [2.24, 2.45) is 0 Å². The van der Waals surface area contributed by atoms with Crippen molar-refractivity contribution in [3.05, 3.63) is 84.5 Å². The topological polar surface area (TPSA) is 109 Å². The van der Waals surface area contributed by atoms with Crippen LogP contribution in [-0.4, -0.2) is 34.3 Å². The SMILES string of the molecule is CCCOc1ccc(Cc2nn3c(=O)/c(=C\c4ccc(OC(C)=O)c(OC)c4)sc3nc2=O)cc1. The lowest BCUT2D eigenvalue weighted by Crippen LogP contribution is -2.28. The fraction of sp³-hybridized carbons (Fsp3) is 0.240. The van der Waals surface area contributed by atoms with Gasteiger partial charge in [0, 0.05) is 13.3 Å². The molecule has 0 saturated carbocycles. The van der Waals surface area contributed by atoms with Crippen molar-refractivity contribution in [3.63, 3.8) is 0 Å². The van der Waals surface area contributed by atoms with Crippen molar-refractivity contribution in [2.45, 2.75) is 26.7 Å². The number of hydrogen-bond acceptors (Lipinski definition) is 9. The Balaban J connectivity index is 1.66. The number of rotatable bonds is 8. The van der Waals surface area contributed by atoms with Gasteiger partial charge in [-0.05, 0) is 47.9 Å².